The number of benzene rings is 1. The molecular formula is C15H21NO3. The van der Waals surface area contributed by atoms with E-state index in [9.17, 15) is 4.79 Å². The Kier molecular flexibility index (Phi) is 4.43. The van der Waals surface area contributed by atoms with Crippen molar-refractivity contribution in [2.45, 2.75) is 31.7 Å². The van der Waals surface area contributed by atoms with Crippen molar-refractivity contribution < 1.29 is 14.6 Å². The number of aliphatic carboxylic acids is 1. The highest BCUT2D eigenvalue weighted by molar-refractivity contribution is 5.66. The summed E-state index contributed by atoms with van der Waals surface area (Å²) in [5, 5.41) is 8.76. The minimum absolute atomic E-state index is 0.222. The lowest BCUT2D eigenvalue weighted by atomic mass is 9.97. The first-order valence-corrected chi connectivity index (χ1v) is 6.70. The molecule has 0 amide bonds. The van der Waals surface area contributed by atoms with Crippen molar-refractivity contribution in [3.8, 4) is 5.75 Å². The van der Waals surface area contributed by atoms with Gasteiger partial charge in [0, 0.05) is 19.1 Å². The number of hydrogen-bond donors (Lipinski definition) is 1. The molecule has 1 aliphatic rings. The van der Waals surface area contributed by atoms with Crippen molar-refractivity contribution in [3.63, 3.8) is 0 Å². The van der Waals surface area contributed by atoms with Crippen LogP contribution in [0.5, 0.6) is 5.75 Å². The molecule has 0 aliphatic carbocycles. The van der Waals surface area contributed by atoms with Crippen LogP contribution >= 0.6 is 0 Å². The Morgan fingerprint density at radius 1 is 1.42 bits per heavy atom. The van der Waals surface area contributed by atoms with Crippen LogP contribution in [-0.4, -0.2) is 42.2 Å². The lowest BCUT2D eigenvalue weighted by Crippen LogP contribution is -2.29. The first-order valence-electron chi connectivity index (χ1n) is 6.70. The van der Waals surface area contributed by atoms with Crippen molar-refractivity contribution in [1.82, 2.24) is 4.90 Å². The first kappa shape index (κ1) is 13.9. The predicted molar refractivity (Wildman–Crippen MR) is 73.6 cm³/mol. The lowest BCUT2D eigenvalue weighted by molar-refractivity contribution is -0.137. The molecule has 0 radical (unpaired) electrons. The van der Waals surface area contributed by atoms with E-state index in [1.54, 1.807) is 7.11 Å². The van der Waals surface area contributed by atoms with Crippen LogP contribution in [0.25, 0.3) is 0 Å². The van der Waals surface area contributed by atoms with Crippen molar-refractivity contribution in [3.05, 3.63) is 29.8 Å². The zero-order valence-corrected chi connectivity index (χ0v) is 11.5. The van der Waals surface area contributed by atoms with E-state index < -0.39 is 5.97 Å². The van der Waals surface area contributed by atoms with Crippen molar-refractivity contribution >= 4 is 5.97 Å². The van der Waals surface area contributed by atoms with Crippen molar-refractivity contribution in [2.75, 3.05) is 20.2 Å². The minimum Gasteiger partial charge on any atom is -0.497 e. The van der Waals surface area contributed by atoms with Crippen LogP contribution < -0.4 is 4.74 Å². The van der Waals surface area contributed by atoms with Crippen molar-refractivity contribution in [2.24, 2.45) is 0 Å². The van der Waals surface area contributed by atoms with Gasteiger partial charge in [-0.15, -0.1) is 0 Å². The molecule has 1 fully saturated rings. The number of hydrogen-bond acceptors (Lipinski definition) is 3. The average molecular weight is 263 g/mol. The van der Waals surface area contributed by atoms with Gasteiger partial charge in [-0.3, -0.25) is 9.69 Å². The molecule has 1 aromatic rings. The highest BCUT2D eigenvalue weighted by atomic mass is 16.5. The van der Waals surface area contributed by atoms with E-state index in [0.717, 1.165) is 18.7 Å². The second kappa shape index (κ2) is 6.06. The molecule has 2 rings (SSSR count). The molecule has 4 heteroatoms. The number of methoxy groups -OCH3 is 1. The van der Waals surface area contributed by atoms with Gasteiger partial charge >= 0.3 is 5.97 Å². The third-order valence-corrected chi connectivity index (χ3v) is 3.90. The number of rotatable bonds is 5. The summed E-state index contributed by atoms with van der Waals surface area (Å²) in [6.07, 6.45) is 1.31. The molecule has 1 heterocycles. The van der Waals surface area contributed by atoms with Gasteiger partial charge in [0.2, 0.25) is 0 Å². The van der Waals surface area contributed by atoms with E-state index in [4.69, 9.17) is 9.84 Å². The SMILES string of the molecule is COc1ccc([C@@H]2C[C@@H](C)N(CCC(=O)O)C2)cc1. The molecule has 19 heavy (non-hydrogen) atoms. The number of carboxylic acid groups (broad SMARTS) is 1. The molecule has 2 atom stereocenters. The summed E-state index contributed by atoms with van der Waals surface area (Å²) in [6.45, 7) is 3.76. The summed E-state index contributed by atoms with van der Waals surface area (Å²) >= 11 is 0. The van der Waals surface area contributed by atoms with Crippen LogP contribution in [0.2, 0.25) is 0 Å². The fourth-order valence-corrected chi connectivity index (χ4v) is 2.77. The third kappa shape index (κ3) is 3.47. The van der Waals surface area contributed by atoms with E-state index in [1.807, 2.05) is 12.1 Å². The molecule has 0 bridgehead atoms. The molecular weight excluding hydrogens is 242 g/mol. The number of likely N-dealkylation sites (tertiary alicyclic amines) is 1. The van der Waals surface area contributed by atoms with Gasteiger partial charge in [0.05, 0.1) is 13.5 Å². The van der Waals surface area contributed by atoms with Crippen LogP contribution in [0.15, 0.2) is 24.3 Å². The van der Waals surface area contributed by atoms with Gasteiger partial charge in [-0.05, 0) is 37.0 Å². The number of nitrogens with zero attached hydrogens (tertiary/aromatic N) is 1. The van der Waals surface area contributed by atoms with Gasteiger partial charge < -0.3 is 9.84 Å². The molecule has 0 unspecified atom stereocenters. The Hall–Kier alpha value is -1.55. The monoisotopic (exact) mass is 263 g/mol. The van der Waals surface area contributed by atoms with Crippen LogP contribution in [0.4, 0.5) is 0 Å². The summed E-state index contributed by atoms with van der Waals surface area (Å²) in [7, 11) is 1.67. The summed E-state index contributed by atoms with van der Waals surface area (Å²) in [6, 6.07) is 8.64. The predicted octanol–water partition coefficient (Wildman–Crippen LogP) is 2.35. The van der Waals surface area contributed by atoms with Gasteiger partial charge in [0.25, 0.3) is 0 Å². The highest BCUT2D eigenvalue weighted by Gasteiger charge is 2.29. The van der Waals surface area contributed by atoms with Crippen LogP contribution in [0.3, 0.4) is 0 Å². The van der Waals surface area contributed by atoms with Crippen molar-refractivity contribution in [1.29, 1.82) is 0 Å². The molecule has 1 saturated heterocycles. The quantitative estimate of drug-likeness (QED) is 0.886. The van der Waals surface area contributed by atoms with Gasteiger partial charge in [-0.2, -0.15) is 0 Å². The van der Waals surface area contributed by atoms with Gasteiger partial charge in [0.15, 0.2) is 0 Å². The zero-order valence-electron chi connectivity index (χ0n) is 11.5. The van der Waals surface area contributed by atoms with Crippen LogP contribution in [0.1, 0.15) is 31.2 Å². The number of carbonyl (C=O) groups is 1. The molecule has 0 spiro atoms. The Morgan fingerprint density at radius 3 is 2.68 bits per heavy atom. The van der Waals surface area contributed by atoms with Gasteiger partial charge in [-0.1, -0.05) is 12.1 Å². The molecule has 1 aliphatic heterocycles. The fourth-order valence-electron chi connectivity index (χ4n) is 2.77. The maximum Gasteiger partial charge on any atom is 0.304 e. The average Bonchev–Trinajstić information content (AvgIpc) is 2.78. The van der Waals surface area contributed by atoms with E-state index in [-0.39, 0.29) is 6.42 Å². The Morgan fingerprint density at radius 2 is 2.11 bits per heavy atom. The first-order chi connectivity index (χ1) is 9.10. The molecule has 1 N–H and O–H groups in total. The van der Waals surface area contributed by atoms with Gasteiger partial charge in [-0.25, -0.2) is 0 Å². The third-order valence-electron chi connectivity index (χ3n) is 3.90. The zero-order chi connectivity index (χ0) is 13.8. The maximum atomic E-state index is 10.6. The van der Waals surface area contributed by atoms with E-state index in [0.29, 0.717) is 18.5 Å². The largest absolute Gasteiger partial charge is 0.497 e. The minimum atomic E-state index is -0.722. The molecule has 104 valence electrons. The Labute approximate surface area is 114 Å². The molecule has 4 nitrogen and oxygen atoms in total. The van der Waals surface area contributed by atoms with E-state index >= 15 is 0 Å². The summed E-state index contributed by atoms with van der Waals surface area (Å²) in [5.41, 5.74) is 1.31. The van der Waals surface area contributed by atoms with E-state index in [2.05, 4.69) is 24.0 Å². The summed E-state index contributed by atoms with van der Waals surface area (Å²) < 4.78 is 5.16. The van der Waals surface area contributed by atoms with Crippen LogP contribution in [0, 0.1) is 0 Å². The Balaban J connectivity index is 1.97. The smallest absolute Gasteiger partial charge is 0.304 e. The van der Waals surface area contributed by atoms with Crippen LogP contribution in [-0.2, 0) is 4.79 Å². The number of carboxylic acids is 1. The lowest BCUT2D eigenvalue weighted by Gasteiger charge is -2.19. The summed E-state index contributed by atoms with van der Waals surface area (Å²) in [4.78, 5) is 12.9. The highest BCUT2D eigenvalue weighted by Crippen LogP contribution is 2.32. The Bertz CT molecular complexity index is 430. The topological polar surface area (TPSA) is 49.8 Å². The molecule has 1 aromatic carbocycles. The second-order valence-corrected chi connectivity index (χ2v) is 5.19. The summed E-state index contributed by atoms with van der Waals surface area (Å²) in [5.74, 6) is 0.646. The second-order valence-electron chi connectivity index (χ2n) is 5.19. The fraction of sp³-hybridized carbons (Fsp3) is 0.533. The molecule has 0 aromatic heterocycles. The van der Waals surface area contributed by atoms with E-state index in [1.165, 1.54) is 5.56 Å². The standard InChI is InChI=1S/C15H21NO3/c1-11-9-13(10-16(11)8-7-15(17)18)12-3-5-14(19-2)6-4-12/h3-6,11,13H,7-10H2,1-2H3,(H,17,18)/t11-,13-/m1/s1. The molecule has 0 saturated carbocycles. The number of ether oxygens (including phenoxy) is 1. The normalized spacial score (nSPS) is 23.5. The van der Waals surface area contributed by atoms with Gasteiger partial charge in [0.1, 0.15) is 5.75 Å². The maximum absolute atomic E-state index is 10.6.